The number of nitrogens with zero attached hydrogens (tertiary/aromatic N) is 1. The summed E-state index contributed by atoms with van der Waals surface area (Å²) in [5.41, 5.74) is 3.19. The molecule has 0 spiro atoms. The minimum atomic E-state index is 0.109. The predicted molar refractivity (Wildman–Crippen MR) is 93.8 cm³/mol. The van der Waals surface area contributed by atoms with E-state index in [1.165, 1.54) is 5.56 Å². The van der Waals surface area contributed by atoms with Crippen LogP contribution in [0.3, 0.4) is 0 Å². The van der Waals surface area contributed by atoms with Gasteiger partial charge in [0.05, 0.1) is 0 Å². The summed E-state index contributed by atoms with van der Waals surface area (Å²) in [6, 6.07) is 9.94. The van der Waals surface area contributed by atoms with E-state index in [0.29, 0.717) is 6.42 Å². The van der Waals surface area contributed by atoms with Crippen LogP contribution in [0.2, 0.25) is 0 Å². The SMILES string of the molecule is CCSc1cnccc1CC(=O)c1ccc(C(C)(C)C)cc1. The summed E-state index contributed by atoms with van der Waals surface area (Å²) in [6.45, 7) is 8.63. The van der Waals surface area contributed by atoms with Crippen molar-refractivity contribution in [2.45, 2.75) is 44.4 Å². The maximum atomic E-state index is 12.5. The van der Waals surface area contributed by atoms with Gasteiger partial charge in [-0.3, -0.25) is 9.78 Å². The van der Waals surface area contributed by atoms with Gasteiger partial charge < -0.3 is 0 Å². The molecule has 3 heteroatoms. The normalized spacial score (nSPS) is 11.5. The summed E-state index contributed by atoms with van der Waals surface area (Å²) < 4.78 is 0. The fraction of sp³-hybridized carbons (Fsp3) is 0.368. The Morgan fingerprint density at radius 3 is 2.41 bits per heavy atom. The Bertz CT molecular complexity index is 641. The Morgan fingerprint density at radius 1 is 1.14 bits per heavy atom. The molecule has 1 aromatic carbocycles. The molecule has 2 aromatic rings. The van der Waals surface area contributed by atoms with Crippen molar-refractivity contribution in [1.82, 2.24) is 4.98 Å². The third kappa shape index (κ3) is 4.20. The Balaban J connectivity index is 2.16. The average molecular weight is 313 g/mol. The lowest BCUT2D eigenvalue weighted by molar-refractivity contribution is 0.0992. The first-order valence-corrected chi connectivity index (χ1v) is 8.60. The molecule has 0 bridgehead atoms. The molecule has 2 nitrogen and oxygen atoms in total. The lowest BCUT2D eigenvalue weighted by atomic mass is 9.86. The molecule has 0 N–H and O–H groups in total. The van der Waals surface area contributed by atoms with Crippen molar-refractivity contribution in [3.8, 4) is 0 Å². The van der Waals surface area contributed by atoms with E-state index >= 15 is 0 Å². The number of Topliss-reactive ketones (excluding diaryl/α,β-unsaturated/α-hetero) is 1. The van der Waals surface area contributed by atoms with E-state index < -0.39 is 0 Å². The van der Waals surface area contributed by atoms with Gasteiger partial charge in [0.2, 0.25) is 0 Å². The smallest absolute Gasteiger partial charge is 0.167 e. The van der Waals surface area contributed by atoms with Gasteiger partial charge in [0.15, 0.2) is 5.78 Å². The van der Waals surface area contributed by atoms with Crippen LogP contribution < -0.4 is 0 Å². The number of carbonyl (C=O) groups excluding carboxylic acids is 1. The van der Waals surface area contributed by atoms with Crippen molar-refractivity contribution in [2.24, 2.45) is 0 Å². The number of pyridine rings is 1. The molecule has 1 heterocycles. The highest BCUT2D eigenvalue weighted by Crippen LogP contribution is 2.24. The lowest BCUT2D eigenvalue weighted by Crippen LogP contribution is -2.11. The summed E-state index contributed by atoms with van der Waals surface area (Å²) >= 11 is 1.73. The van der Waals surface area contributed by atoms with Gasteiger partial charge >= 0.3 is 0 Å². The van der Waals surface area contributed by atoms with Gasteiger partial charge in [-0.2, -0.15) is 0 Å². The van der Waals surface area contributed by atoms with Gasteiger partial charge in [-0.25, -0.2) is 0 Å². The van der Waals surface area contributed by atoms with Crippen LogP contribution >= 0.6 is 11.8 Å². The number of aromatic nitrogens is 1. The third-order valence-corrected chi connectivity index (χ3v) is 4.56. The number of ketones is 1. The van der Waals surface area contributed by atoms with Crippen LogP contribution in [0.1, 0.15) is 49.2 Å². The van der Waals surface area contributed by atoms with E-state index in [2.05, 4.69) is 44.8 Å². The Hall–Kier alpha value is -1.61. The Morgan fingerprint density at radius 2 is 1.82 bits per heavy atom. The van der Waals surface area contributed by atoms with Crippen LogP contribution in [0.25, 0.3) is 0 Å². The summed E-state index contributed by atoms with van der Waals surface area (Å²) in [5.74, 6) is 1.14. The molecular formula is C19H23NOS. The van der Waals surface area contributed by atoms with Gasteiger partial charge in [0.1, 0.15) is 0 Å². The summed E-state index contributed by atoms with van der Waals surface area (Å²) in [4.78, 5) is 17.8. The fourth-order valence-corrected chi connectivity index (χ4v) is 3.04. The zero-order chi connectivity index (χ0) is 16.2. The molecule has 22 heavy (non-hydrogen) atoms. The first-order chi connectivity index (χ1) is 10.4. The van der Waals surface area contributed by atoms with Crippen LogP contribution in [0, 0.1) is 0 Å². The molecule has 1 aromatic heterocycles. The quantitative estimate of drug-likeness (QED) is 0.580. The number of hydrogen-bond acceptors (Lipinski definition) is 3. The van der Waals surface area contributed by atoms with Crippen LogP contribution in [-0.2, 0) is 11.8 Å². The fourth-order valence-electron chi connectivity index (χ4n) is 2.27. The maximum absolute atomic E-state index is 12.5. The standard InChI is InChI=1S/C19H23NOS/c1-5-22-18-13-20-11-10-15(18)12-17(21)14-6-8-16(9-7-14)19(2,3)4/h6-11,13H,5,12H2,1-4H3. The molecule has 0 aliphatic rings. The second-order valence-corrected chi connectivity index (χ2v) is 7.65. The number of rotatable bonds is 5. The Labute approximate surface area is 137 Å². The zero-order valence-electron chi connectivity index (χ0n) is 13.7. The number of benzene rings is 1. The van der Waals surface area contributed by atoms with Gasteiger partial charge in [-0.15, -0.1) is 11.8 Å². The molecule has 0 amide bonds. The third-order valence-electron chi connectivity index (χ3n) is 3.59. The molecule has 0 radical (unpaired) electrons. The largest absolute Gasteiger partial charge is 0.294 e. The zero-order valence-corrected chi connectivity index (χ0v) is 14.5. The van der Waals surface area contributed by atoms with E-state index in [4.69, 9.17) is 0 Å². The van der Waals surface area contributed by atoms with Crippen molar-refractivity contribution < 1.29 is 4.79 Å². The van der Waals surface area contributed by atoms with Gasteiger partial charge in [0.25, 0.3) is 0 Å². The summed E-state index contributed by atoms with van der Waals surface area (Å²) in [6.07, 6.45) is 4.03. The second kappa shape index (κ2) is 7.10. The van der Waals surface area contributed by atoms with E-state index in [1.807, 2.05) is 24.4 Å². The number of carbonyl (C=O) groups is 1. The van der Waals surface area contributed by atoms with Crippen molar-refractivity contribution in [1.29, 1.82) is 0 Å². The van der Waals surface area contributed by atoms with E-state index in [9.17, 15) is 4.79 Å². The van der Waals surface area contributed by atoms with Crippen molar-refractivity contribution in [2.75, 3.05) is 5.75 Å². The van der Waals surface area contributed by atoms with Crippen LogP contribution in [0.15, 0.2) is 47.6 Å². The van der Waals surface area contributed by atoms with Gasteiger partial charge in [-0.1, -0.05) is 52.0 Å². The van der Waals surface area contributed by atoms with E-state index in [1.54, 1.807) is 18.0 Å². The highest BCUT2D eigenvalue weighted by atomic mass is 32.2. The minimum absolute atomic E-state index is 0.109. The van der Waals surface area contributed by atoms with Crippen LogP contribution in [0.4, 0.5) is 0 Å². The van der Waals surface area contributed by atoms with Crippen LogP contribution in [-0.4, -0.2) is 16.5 Å². The highest BCUT2D eigenvalue weighted by molar-refractivity contribution is 7.99. The number of thioether (sulfide) groups is 1. The molecule has 0 saturated carbocycles. The first-order valence-electron chi connectivity index (χ1n) is 7.61. The van der Waals surface area contributed by atoms with Gasteiger partial charge in [0, 0.05) is 29.3 Å². The minimum Gasteiger partial charge on any atom is -0.294 e. The topological polar surface area (TPSA) is 30.0 Å². The Kier molecular flexibility index (Phi) is 5.41. The lowest BCUT2D eigenvalue weighted by Gasteiger charge is -2.19. The number of hydrogen-bond donors (Lipinski definition) is 0. The molecule has 116 valence electrons. The molecular weight excluding hydrogens is 290 g/mol. The summed E-state index contributed by atoms with van der Waals surface area (Å²) in [5, 5.41) is 0. The van der Waals surface area contributed by atoms with Crippen molar-refractivity contribution in [3.05, 3.63) is 59.4 Å². The predicted octanol–water partition coefficient (Wildman–Crippen LogP) is 4.92. The van der Waals surface area contributed by atoms with Crippen molar-refractivity contribution in [3.63, 3.8) is 0 Å². The molecule has 0 saturated heterocycles. The van der Waals surface area contributed by atoms with Crippen LogP contribution in [0.5, 0.6) is 0 Å². The average Bonchev–Trinajstić information content (AvgIpc) is 2.49. The van der Waals surface area contributed by atoms with E-state index in [-0.39, 0.29) is 11.2 Å². The molecule has 0 aliphatic heterocycles. The second-order valence-electron chi connectivity index (χ2n) is 6.34. The first kappa shape index (κ1) is 16.8. The molecule has 0 fully saturated rings. The highest BCUT2D eigenvalue weighted by Gasteiger charge is 2.15. The van der Waals surface area contributed by atoms with Gasteiger partial charge in [-0.05, 0) is 28.4 Å². The molecule has 2 rings (SSSR count). The monoisotopic (exact) mass is 313 g/mol. The molecule has 0 unspecified atom stereocenters. The molecule has 0 aliphatic carbocycles. The van der Waals surface area contributed by atoms with Crippen molar-refractivity contribution >= 4 is 17.5 Å². The summed E-state index contributed by atoms with van der Waals surface area (Å²) in [7, 11) is 0. The van der Waals surface area contributed by atoms with E-state index in [0.717, 1.165) is 21.8 Å². The maximum Gasteiger partial charge on any atom is 0.167 e. The molecule has 0 atom stereocenters.